The van der Waals surface area contributed by atoms with E-state index in [1.165, 1.54) is 6.07 Å². The van der Waals surface area contributed by atoms with Crippen LogP contribution >= 0.6 is 0 Å². The molecule has 4 rings (SSSR count). The number of hydrogen-bond acceptors (Lipinski definition) is 4. The van der Waals surface area contributed by atoms with Crippen molar-refractivity contribution in [1.29, 1.82) is 0 Å². The number of nitrogens with zero attached hydrogens (tertiary/aromatic N) is 2. The highest BCUT2D eigenvalue weighted by Gasteiger charge is 2.33. The van der Waals surface area contributed by atoms with E-state index < -0.39 is 23.8 Å². The number of pyridine rings is 1. The van der Waals surface area contributed by atoms with Gasteiger partial charge in [-0.15, -0.1) is 0 Å². The summed E-state index contributed by atoms with van der Waals surface area (Å²) in [6, 6.07) is 3.34. The van der Waals surface area contributed by atoms with E-state index in [0.717, 1.165) is 25.1 Å². The van der Waals surface area contributed by atoms with Crippen molar-refractivity contribution in [2.75, 3.05) is 6.61 Å². The summed E-state index contributed by atoms with van der Waals surface area (Å²) < 4.78 is 45.8. The summed E-state index contributed by atoms with van der Waals surface area (Å²) in [5.74, 6) is -0.139. The molecule has 2 amide bonds. The lowest BCUT2D eigenvalue weighted by molar-refractivity contribution is -0.141. The highest BCUT2D eigenvalue weighted by Crippen LogP contribution is 2.33. The normalized spacial score (nSPS) is 17.7. The Balaban J connectivity index is 1.54. The van der Waals surface area contributed by atoms with Crippen molar-refractivity contribution < 1.29 is 27.5 Å². The summed E-state index contributed by atoms with van der Waals surface area (Å²) in [5, 5.41) is 5.89. The Kier molecular flexibility index (Phi) is 6.47. The molecule has 1 fully saturated rings. The first-order chi connectivity index (χ1) is 15.7. The maximum Gasteiger partial charge on any atom is 0.433 e. The van der Waals surface area contributed by atoms with E-state index in [9.17, 15) is 22.8 Å². The van der Waals surface area contributed by atoms with Crippen LogP contribution in [0.5, 0.6) is 0 Å². The average molecular weight is 464 g/mol. The molecular weight excluding hydrogens is 437 g/mol. The number of carbonyl (C=O) groups is 2. The average Bonchev–Trinajstić information content (AvgIpc) is 3.57. The molecule has 1 saturated carbocycles. The molecule has 3 heterocycles. The number of fused-ring (bicyclic) bond motifs is 1. The number of alkyl halides is 3. The number of hydrogen-bond donors (Lipinski definition) is 2. The summed E-state index contributed by atoms with van der Waals surface area (Å²) in [7, 11) is 0. The Labute approximate surface area is 189 Å². The number of amides is 2. The Morgan fingerprint density at radius 1 is 1.24 bits per heavy atom. The number of ether oxygens (including phenoxy) is 1. The molecule has 0 aromatic carbocycles. The van der Waals surface area contributed by atoms with Crippen molar-refractivity contribution in [1.82, 2.24) is 20.2 Å². The van der Waals surface area contributed by atoms with Gasteiger partial charge in [-0.1, -0.05) is 13.0 Å². The molecule has 2 atom stereocenters. The first kappa shape index (κ1) is 23.3. The number of halogens is 3. The second kappa shape index (κ2) is 9.17. The van der Waals surface area contributed by atoms with Crippen molar-refractivity contribution >= 4 is 11.8 Å². The van der Waals surface area contributed by atoms with Gasteiger partial charge in [-0.25, -0.2) is 0 Å². The van der Waals surface area contributed by atoms with Gasteiger partial charge in [-0.3, -0.25) is 14.6 Å². The molecule has 2 aliphatic rings. The third-order valence-electron chi connectivity index (χ3n) is 6.26. The van der Waals surface area contributed by atoms with Gasteiger partial charge >= 0.3 is 6.18 Å². The quantitative estimate of drug-likeness (QED) is 0.652. The van der Waals surface area contributed by atoms with E-state index in [4.69, 9.17) is 4.74 Å². The van der Waals surface area contributed by atoms with E-state index in [1.807, 2.05) is 18.4 Å². The van der Waals surface area contributed by atoms with Crippen LogP contribution in [-0.4, -0.2) is 34.0 Å². The molecule has 0 saturated heterocycles. The lowest BCUT2D eigenvalue weighted by Gasteiger charge is -2.21. The van der Waals surface area contributed by atoms with Crippen LogP contribution in [0.25, 0.3) is 0 Å². The van der Waals surface area contributed by atoms with Gasteiger partial charge in [0.2, 0.25) is 0 Å². The molecule has 2 N–H and O–H groups in total. The Morgan fingerprint density at radius 2 is 2.00 bits per heavy atom. The second-order valence-electron chi connectivity index (χ2n) is 8.60. The monoisotopic (exact) mass is 464 g/mol. The first-order valence-corrected chi connectivity index (χ1v) is 11.1. The van der Waals surface area contributed by atoms with E-state index >= 15 is 0 Å². The second-order valence-corrected chi connectivity index (χ2v) is 8.60. The van der Waals surface area contributed by atoms with E-state index in [-0.39, 0.29) is 18.6 Å². The zero-order chi connectivity index (χ0) is 23.8. The Morgan fingerprint density at radius 3 is 2.61 bits per heavy atom. The van der Waals surface area contributed by atoms with Crippen molar-refractivity contribution in [3.05, 3.63) is 52.6 Å². The molecule has 1 aliphatic heterocycles. The van der Waals surface area contributed by atoms with Crippen LogP contribution in [0.4, 0.5) is 13.2 Å². The molecule has 0 spiro atoms. The molecule has 2 unspecified atom stereocenters. The number of aromatic nitrogens is 2. The Bertz CT molecular complexity index is 1030. The summed E-state index contributed by atoms with van der Waals surface area (Å²) in [6.07, 6.45) is -0.729. The standard InChI is InChI=1S/C23H27F3N4O3/c1-3-17(15-6-7-20(27-11-15)23(24,25)26)29-21(31)16-10-18(30-8-9-33-12-19(16)30)22(32)28-13(2)14-4-5-14/h6-7,10-11,13-14,17H,3-5,8-9,12H2,1-2H3,(H,28,32)(H,29,31). The van der Waals surface area contributed by atoms with Crippen LogP contribution in [0.15, 0.2) is 24.4 Å². The van der Waals surface area contributed by atoms with Gasteiger partial charge in [0, 0.05) is 18.8 Å². The van der Waals surface area contributed by atoms with Crippen LogP contribution in [0.3, 0.4) is 0 Å². The molecule has 33 heavy (non-hydrogen) atoms. The topological polar surface area (TPSA) is 85.2 Å². The molecule has 178 valence electrons. The summed E-state index contributed by atoms with van der Waals surface area (Å²) in [5.41, 5.74) is 0.845. The molecule has 2 aromatic rings. The van der Waals surface area contributed by atoms with Gasteiger partial charge in [-0.2, -0.15) is 13.2 Å². The molecule has 2 aromatic heterocycles. The summed E-state index contributed by atoms with van der Waals surface area (Å²) in [6.45, 7) is 4.90. The predicted octanol–water partition coefficient (Wildman–Crippen LogP) is 3.84. The number of carbonyl (C=O) groups excluding carboxylic acids is 2. The smallest absolute Gasteiger partial charge is 0.373 e. The van der Waals surface area contributed by atoms with Gasteiger partial charge in [-0.05, 0) is 49.8 Å². The third-order valence-corrected chi connectivity index (χ3v) is 6.26. The van der Waals surface area contributed by atoms with Crippen LogP contribution in [0.1, 0.15) is 76.9 Å². The molecule has 1 aliphatic carbocycles. The van der Waals surface area contributed by atoms with E-state index in [0.29, 0.717) is 48.0 Å². The van der Waals surface area contributed by atoms with Gasteiger partial charge < -0.3 is 19.9 Å². The Hall–Kier alpha value is -2.88. The van der Waals surface area contributed by atoms with Crippen molar-refractivity contribution in [2.45, 2.75) is 64.5 Å². The largest absolute Gasteiger partial charge is 0.433 e. The minimum atomic E-state index is -4.52. The zero-order valence-corrected chi connectivity index (χ0v) is 18.5. The van der Waals surface area contributed by atoms with Gasteiger partial charge in [0.05, 0.1) is 30.5 Å². The molecule has 10 heteroatoms. The zero-order valence-electron chi connectivity index (χ0n) is 18.5. The van der Waals surface area contributed by atoms with Crippen molar-refractivity contribution in [3.8, 4) is 0 Å². The van der Waals surface area contributed by atoms with Crippen LogP contribution < -0.4 is 10.6 Å². The first-order valence-electron chi connectivity index (χ1n) is 11.1. The van der Waals surface area contributed by atoms with Crippen molar-refractivity contribution in [2.24, 2.45) is 5.92 Å². The number of nitrogens with one attached hydrogen (secondary N) is 2. The SMILES string of the molecule is CCC(NC(=O)c1cc(C(=O)NC(C)C2CC2)n2c1COCC2)c1ccc(C(F)(F)F)nc1. The fraction of sp³-hybridized carbons (Fsp3) is 0.522. The van der Waals surface area contributed by atoms with Crippen molar-refractivity contribution in [3.63, 3.8) is 0 Å². The van der Waals surface area contributed by atoms with Crippen LogP contribution in [0.2, 0.25) is 0 Å². The number of rotatable bonds is 7. The fourth-order valence-corrected chi connectivity index (χ4v) is 4.14. The molecule has 0 bridgehead atoms. The summed E-state index contributed by atoms with van der Waals surface area (Å²) in [4.78, 5) is 29.5. The highest BCUT2D eigenvalue weighted by molar-refractivity contribution is 6.01. The van der Waals surface area contributed by atoms with Gasteiger partial charge in [0.1, 0.15) is 11.4 Å². The van der Waals surface area contributed by atoms with Gasteiger partial charge in [0.25, 0.3) is 11.8 Å². The van der Waals surface area contributed by atoms with E-state index in [2.05, 4.69) is 15.6 Å². The lowest BCUT2D eigenvalue weighted by Crippen LogP contribution is -2.36. The van der Waals surface area contributed by atoms with Gasteiger partial charge in [0.15, 0.2) is 0 Å². The van der Waals surface area contributed by atoms with Crippen LogP contribution in [0, 0.1) is 5.92 Å². The maximum atomic E-state index is 13.1. The molecule has 7 nitrogen and oxygen atoms in total. The fourth-order valence-electron chi connectivity index (χ4n) is 4.14. The summed E-state index contributed by atoms with van der Waals surface area (Å²) >= 11 is 0. The highest BCUT2D eigenvalue weighted by atomic mass is 19.4. The minimum Gasteiger partial charge on any atom is -0.373 e. The lowest BCUT2D eigenvalue weighted by atomic mass is 10.1. The van der Waals surface area contributed by atoms with E-state index in [1.54, 1.807) is 6.07 Å². The van der Waals surface area contributed by atoms with Crippen LogP contribution in [-0.2, 0) is 24.1 Å². The molecule has 0 radical (unpaired) electrons. The maximum absolute atomic E-state index is 13.1. The predicted molar refractivity (Wildman–Crippen MR) is 113 cm³/mol. The third kappa shape index (κ3) is 5.05. The minimum absolute atomic E-state index is 0.0670. The molecular formula is C23H27F3N4O3.